The molecule has 3 rings (SSSR count). The molecule has 2 aromatic rings. The maximum absolute atomic E-state index is 13.3. The Balaban J connectivity index is 1.92. The molecular formula is C16H16FN3O. The Labute approximate surface area is 122 Å². The summed E-state index contributed by atoms with van der Waals surface area (Å²) in [5, 5.41) is 3.05. The van der Waals surface area contributed by atoms with Crippen molar-refractivity contribution < 1.29 is 9.18 Å². The van der Waals surface area contributed by atoms with Gasteiger partial charge in [0.2, 0.25) is 5.91 Å². The lowest BCUT2D eigenvalue weighted by Gasteiger charge is -2.29. The largest absolute Gasteiger partial charge is 0.388 e. The third kappa shape index (κ3) is 2.72. The van der Waals surface area contributed by atoms with Crippen molar-refractivity contribution in [3.8, 4) is 0 Å². The van der Waals surface area contributed by atoms with Crippen molar-refractivity contribution in [1.29, 1.82) is 0 Å². The van der Waals surface area contributed by atoms with Gasteiger partial charge in [0.1, 0.15) is 5.82 Å². The van der Waals surface area contributed by atoms with Crippen molar-refractivity contribution in [3.05, 3.63) is 53.6 Å². The normalized spacial score (nSPS) is 14.0. The number of nitrogens with one attached hydrogen (secondary N) is 1. The zero-order chi connectivity index (χ0) is 14.8. The minimum Gasteiger partial charge on any atom is -0.388 e. The topological polar surface area (TPSA) is 45.2 Å². The van der Waals surface area contributed by atoms with Crippen LogP contribution in [0.5, 0.6) is 0 Å². The van der Waals surface area contributed by atoms with Gasteiger partial charge in [0.05, 0.1) is 12.2 Å². The van der Waals surface area contributed by atoms with Crippen LogP contribution in [0.3, 0.4) is 0 Å². The molecule has 108 valence electrons. The molecule has 0 aliphatic carbocycles. The van der Waals surface area contributed by atoms with Crippen LogP contribution in [0, 0.1) is 5.82 Å². The number of aromatic nitrogens is 1. The van der Waals surface area contributed by atoms with Crippen LogP contribution in [-0.2, 0) is 17.8 Å². The molecule has 1 N–H and O–H groups in total. The minimum absolute atomic E-state index is 0.0470. The van der Waals surface area contributed by atoms with Gasteiger partial charge in [-0.25, -0.2) is 4.39 Å². The van der Waals surface area contributed by atoms with Crippen LogP contribution in [0.1, 0.15) is 17.7 Å². The van der Waals surface area contributed by atoms with E-state index in [4.69, 9.17) is 0 Å². The van der Waals surface area contributed by atoms with Crippen molar-refractivity contribution in [2.75, 3.05) is 17.3 Å². The molecule has 21 heavy (non-hydrogen) atoms. The molecular weight excluding hydrogens is 269 g/mol. The molecule has 2 heterocycles. The molecule has 0 saturated heterocycles. The van der Waals surface area contributed by atoms with Gasteiger partial charge in [-0.15, -0.1) is 0 Å². The van der Waals surface area contributed by atoms with Crippen molar-refractivity contribution in [1.82, 2.24) is 4.98 Å². The monoisotopic (exact) mass is 285 g/mol. The molecule has 0 atom stereocenters. The van der Waals surface area contributed by atoms with Crippen LogP contribution in [0.15, 0.2) is 36.5 Å². The predicted octanol–water partition coefficient (Wildman–Crippen LogP) is 2.74. The summed E-state index contributed by atoms with van der Waals surface area (Å²) in [6.45, 7) is 0.396. The minimum atomic E-state index is -0.265. The second kappa shape index (κ2) is 5.52. The fourth-order valence-electron chi connectivity index (χ4n) is 2.58. The summed E-state index contributed by atoms with van der Waals surface area (Å²) in [4.78, 5) is 18.2. The Kier molecular flexibility index (Phi) is 3.56. The van der Waals surface area contributed by atoms with Gasteiger partial charge in [-0.2, -0.15) is 0 Å². The molecule has 0 unspecified atom stereocenters. The second-order valence-corrected chi connectivity index (χ2v) is 5.04. The van der Waals surface area contributed by atoms with Crippen molar-refractivity contribution in [2.45, 2.75) is 19.4 Å². The predicted molar refractivity (Wildman–Crippen MR) is 79.7 cm³/mol. The number of aryl methyl sites for hydroxylation is 1. The van der Waals surface area contributed by atoms with E-state index < -0.39 is 0 Å². The van der Waals surface area contributed by atoms with E-state index in [0.29, 0.717) is 19.4 Å². The highest BCUT2D eigenvalue weighted by Gasteiger charge is 2.24. The first-order valence-electron chi connectivity index (χ1n) is 6.89. The Hall–Kier alpha value is -2.43. The highest BCUT2D eigenvalue weighted by atomic mass is 19.1. The number of carbonyl (C=O) groups is 1. The van der Waals surface area contributed by atoms with Gasteiger partial charge in [-0.1, -0.05) is 0 Å². The smallest absolute Gasteiger partial charge is 0.227 e. The van der Waals surface area contributed by atoms with Gasteiger partial charge in [0.25, 0.3) is 0 Å². The van der Waals surface area contributed by atoms with E-state index in [1.165, 1.54) is 12.1 Å². The van der Waals surface area contributed by atoms with Gasteiger partial charge in [-0.3, -0.25) is 9.78 Å². The SMILES string of the molecule is CNc1ccnc(CN2C(=O)CCc3cc(F)ccc32)c1. The first-order chi connectivity index (χ1) is 10.2. The first kappa shape index (κ1) is 13.5. The number of hydrogen-bond acceptors (Lipinski definition) is 3. The molecule has 1 aliphatic heterocycles. The van der Waals surface area contributed by atoms with Crippen LogP contribution in [-0.4, -0.2) is 17.9 Å². The van der Waals surface area contributed by atoms with E-state index in [9.17, 15) is 9.18 Å². The van der Waals surface area contributed by atoms with Gasteiger partial charge < -0.3 is 10.2 Å². The standard InChI is InChI=1S/C16H16FN3O/c1-18-13-6-7-19-14(9-13)10-20-15-4-3-12(17)8-11(15)2-5-16(20)21/h3-4,6-9H,2,5,10H2,1H3,(H,18,19). The zero-order valence-corrected chi connectivity index (χ0v) is 11.8. The quantitative estimate of drug-likeness (QED) is 0.943. The summed E-state index contributed by atoms with van der Waals surface area (Å²) >= 11 is 0. The van der Waals surface area contributed by atoms with Gasteiger partial charge >= 0.3 is 0 Å². The Bertz CT molecular complexity index is 687. The first-order valence-corrected chi connectivity index (χ1v) is 6.89. The number of anilines is 2. The van der Waals surface area contributed by atoms with E-state index in [-0.39, 0.29) is 11.7 Å². The molecule has 0 radical (unpaired) electrons. The number of amides is 1. The lowest BCUT2D eigenvalue weighted by molar-refractivity contribution is -0.119. The summed E-state index contributed by atoms with van der Waals surface area (Å²) < 4.78 is 13.3. The third-order valence-corrected chi connectivity index (χ3v) is 3.67. The Morgan fingerprint density at radius 1 is 1.29 bits per heavy atom. The van der Waals surface area contributed by atoms with Gasteiger partial charge in [0, 0.05) is 31.0 Å². The zero-order valence-electron chi connectivity index (χ0n) is 11.8. The van der Waals surface area contributed by atoms with Crippen molar-refractivity contribution >= 4 is 17.3 Å². The molecule has 1 aromatic heterocycles. The van der Waals surface area contributed by atoms with E-state index in [2.05, 4.69) is 10.3 Å². The van der Waals surface area contributed by atoms with E-state index in [1.54, 1.807) is 17.2 Å². The Morgan fingerprint density at radius 3 is 2.95 bits per heavy atom. The molecule has 1 aliphatic rings. The lowest BCUT2D eigenvalue weighted by Crippen LogP contribution is -2.34. The van der Waals surface area contributed by atoms with E-state index in [1.807, 2.05) is 19.2 Å². The number of carbonyl (C=O) groups excluding carboxylic acids is 1. The number of hydrogen-bond donors (Lipinski definition) is 1. The number of pyridine rings is 1. The third-order valence-electron chi connectivity index (χ3n) is 3.67. The summed E-state index contributed by atoms with van der Waals surface area (Å²) in [5.74, 6) is -0.218. The molecule has 1 amide bonds. The molecule has 0 fully saturated rings. The van der Waals surface area contributed by atoms with Crippen LogP contribution in [0.2, 0.25) is 0 Å². The molecule has 5 heteroatoms. The maximum Gasteiger partial charge on any atom is 0.227 e. The summed E-state index contributed by atoms with van der Waals surface area (Å²) in [5.41, 5.74) is 3.40. The summed E-state index contributed by atoms with van der Waals surface area (Å²) in [6.07, 6.45) is 2.70. The molecule has 0 spiro atoms. The van der Waals surface area contributed by atoms with E-state index >= 15 is 0 Å². The van der Waals surface area contributed by atoms with Crippen LogP contribution < -0.4 is 10.2 Å². The van der Waals surface area contributed by atoms with E-state index in [0.717, 1.165) is 22.6 Å². The summed E-state index contributed by atoms with van der Waals surface area (Å²) in [6, 6.07) is 8.34. The number of rotatable bonds is 3. The van der Waals surface area contributed by atoms with Gasteiger partial charge in [-0.05, 0) is 42.3 Å². The number of fused-ring (bicyclic) bond motifs is 1. The number of nitrogens with zero attached hydrogens (tertiary/aromatic N) is 2. The molecule has 0 saturated carbocycles. The number of benzene rings is 1. The van der Waals surface area contributed by atoms with Crippen molar-refractivity contribution in [2.24, 2.45) is 0 Å². The highest BCUT2D eigenvalue weighted by molar-refractivity contribution is 5.96. The second-order valence-electron chi connectivity index (χ2n) is 5.04. The molecule has 0 bridgehead atoms. The molecule has 1 aromatic carbocycles. The average Bonchev–Trinajstić information content (AvgIpc) is 2.50. The molecule has 4 nitrogen and oxygen atoms in total. The Morgan fingerprint density at radius 2 is 2.14 bits per heavy atom. The highest BCUT2D eigenvalue weighted by Crippen LogP contribution is 2.29. The van der Waals surface area contributed by atoms with Gasteiger partial charge in [0.15, 0.2) is 0 Å². The van der Waals surface area contributed by atoms with Crippen LogP contribution in [0.4, 0.5) is 15.8 Å². The van der Waals surface area contributed by atoms with Crippen LogP contribution in [0.25, 0.3) is 0 Å². The fourth-order valence-corrected chi connectivity index (χ4v) is 2.58. The summed E-state index contributed by atoms with van der Waals surface area (Å²) in [7, 11) is 1.84. The fraction of sp³-hybridized carbons (Fsp3) is 0.250. The van der Waals surface area contributed by atoms with Crippen LogP contribution >= 0.6 is 0 Å². The lowest BCUT2D eigenvalue weighted by atomic mass is 10.0. The maximum atomic E-state index is 13.3. The number of halogens is 1. The average molecular weight is 285 g/mol. The van der Waals surface area contributed by atoms with Crippen molar-refractivity contribution in [3.63, 3.8) is 0 Å².